The van der Waals surface area contributed by atoms with Crippen LogP contribution in [0.5, 0.6) is 0 Å². The average Bonchev–Trinajstić information content (AvgIpc) is 2.47. The van der Waals surface area contributed by atoms with Gasteiger partial charge in [-0.15, -0.1) is 0 Å². The molecule has 1 aromatic rings. The van der Waals surface area contributed by atoms with Gasteiger partial charge >= 0.3 is 0 Å². The normalized spacial score (nSPS) is 17.5. The van der Waals surface area contributed by atoms with Crippen LogP contribution in [-0.4, -0.2) is 41.1 Å². The van der Waals surface area contributed by atoms with Crippen molar-refractivity contribution in [3.05, 3.63) is 11.9 Å². The maximum absolute atomic E-state index is 12.0. The van der Waals surface area contributed by atoms with Gasteiger partial charge in [-0.25, -0.2) is 15.8 Å². The molecule has 0 aromatic carbocycles. The van der Waals surface area contributed by atoms with Gasteiger partial charge in [0, 0.05) is 25.8 Å². The Kier molecular flexibility index (Phi) is 4.59. The minimum absolute atomic E-state index is 0.0269. The molecule has 2 heterocycles. The van der Waals surface area contributed by atoms with Gasteiger partial charge in [-0.2, -0.15) is 0 Å². The van der Waals surface area contributed by atoms with E-state index in [0.717, 1.165) is 0 Å². The number of piperazine rings is 1. The molecule has 0 radical (unpaired) electrons. The first-order valence-electron chi connectivity index (χ1n) is 6.97. The van der Waals surface area contributed by atoms with Gasteiger partial charge in [0.25, 0.3) is 0 Å². The highest BCUT2D eigenvalue weighted by molar-refractivity contribution is 5.90. The highest BCUT2D eigenvalue weighted by Gasteiger charge is 2.38. The van der Waals surface area contributed by atoms with E-state index >= 15 is 0 Å². The number of nitrogens with one attached hydrogen (secondary N) is 2. The first-order chi connectivity index (χ1) is 9.98. The van der Waals surface area contributed by atoms with Crippen molar-refractivity contribution in [2.75, 3.05) is 30.0 Å². The van der Waals surface area contributed by atoms with Crippen LogP contribution in [0.4, 0.5) is 11.6 Å². The van der Waals surface area contributed by atoms with E-state index in [1.54, 1.807) is 6.07 Å². The van der Waals surface area contributed by atoms with E-state index in [4.69, 9.17) is 10.6 Å². The first kappa shape index (κ1) is 15.5. The van der Waals surface area contributed by atoms with Gasteiger partial charge in [0.05, 0.1) is 0 Å². The molecule has 1 fully saturated rings. The van der Waals surface area contributed by atoms with Gasteiger partial charge in [0.1, 0.15) is 23.8 Å². The van der Waals surface area contributed by atoms with Gasteiger partial charge in [-0.05, 0) is 20.8 Å². The fourth-order valence-corrected chi connectivity index (χ4v) is 2.25. The number of nitrogens with two attached hydrogens (primary N) is 1. The topological polar surface area (TPSA) is 105 Å². The van der Waals surface area contributed by atoms with Gasteiger partial charge in [0.2, 0.25) is 5.91 Å². The molecule has 21 heavy (non-hydrogen) atoms. The van der Waals surface area contributed by atoms with E-state index < -0.39 is 5.54 Å². The van der Waals surface area contributed by atoms with Gasteiger partial charge in [-0.3, -0.25) is 4.79 Å². The number of hydrazine groups is 1. The zero-order valence-corrected chi connectivity index (χ0v) is 12.6. The summed E-state index contributed by atoms with van der Waals surface area (Å²) in [5.41, 5.74) is 1.85. The maximum Gasteiger partial charge on any atom is 0.245 e. The molecule has 1 aromatic heterocycles. The molecule has 116 valence electrons. The fraction of sp³-hybridized carbons (Fsp3) is 0.615. The van der Waals surface area contributed by atoms with E-state index in [1.165, 1.54) is 0 Å². The molecule has 4 N–H and O–H groups in total. The van der Waals surface area contributed by atoms with Crippen LogP contribution in [0.2, 0.25) is 0 Å². The Bertz CT molecular complexity index is 519. The largest absolute Gasteiger partial charge is 0.374 e. The van der Waals surface area contributed by atoms with Crippen molar-refractivity contribution < 1.29 is 9.53 Å². The van der Waals surface area contributed by atoms with Crippen molar-refractivity contribution in [1.82, 2.24) is 15.3 Å². The lowest BCUT2D eigenvalue weighted by atomic mass is 9.99. The molecule has 0 atom stereocenters. The lowest BCUT2D eigenvalue weighted by molar-refractivity contribution is -0.126. The van der Waals surface area contributed by atoms with Crippen molar-refractivity contribution in [2.24, 2.45) is 5.84 Å². The first-order valence-corrected chi connectivity index (χ1v) is 6.97. The summed E-state index contributed by atoms with van der Waals surface area (Å²) in [7, 11) is 0. The summed E-state index contributed by atoms with van der Waals surface area (Å²) in [6.45, 7) is 7.77. The second kappa shape index (κ2) is 6.23. The monoisotopic (exact) mass is 294 g/mol. The number of amides is 1. The smallest absolute Gasteiger partial charge is 0.245 e. The summed E-state index contributed by atoms with van der Waals surface area (Å²) in [5, 5.41) is 2.86. The predicted molar refractivity (Wildman–Crippen MR) is 79.6 cm³/mol. The molecule has 0 spiro atoms. The van der Waals surface area contributed by atoms with Crippen LogP contribution in [-0.2, 0) is 16.1 Å². The summed E-state index contributed by atoms with van der Waals surface area (Å²) in [6.07, 6.45) is 0. The molecular weight excluding hydrogens is 272 g/mol. The standard InChI is InChI=1S/C13H22N6O2/c1-4-21-8-10-16-9(18-14)7-11(17-10)19-6-5-15-12(20)13(19,2)3/h7H,4-6,8,14H2,1-3H3,(H,15,20)(H,16,17,18). The van der Waals surface area contributed by atoms with Crippen molar-refractivity contribution in [1.29, 1.82) is 0 Å². The Morgan fingerprint density at radius 3 is 2.95 bits per heavy atom. The third-order valence-electron chi connectivity index (χ3n) is 3.47. The Balaban J connectivity index is 2.35. The molecule has 0 unspecified atom stereocenters. The second-order valence-electron chi connectivity index (χ2n) is 5.28. The summed E-state index contributed by atoms with van der Waals surface area (Å²) in [5.74, 6) is 7.12. The van der Waals surface area contributed by atoms with E-state index in [0.29, 0.717) is 43.8 Å². The van der Waals surface area contributed by atoms with Crippen molar-refractivity contribution in [2.45, 2.75) is 32.9 Å². The van der Waals surface area contributed by atoms with Crippen LogP contribution in [0.15, 0.2) is 6.07 Å². The second-order valence-corrected chi connectivity index (χ2v) is 5.28. The highest BCUT2D eigenvalue weighted by atomic mass is 16.5. The molecule has 1 saturated heterocycles. The third kappa shape index (κ3) is 3.22. The van der Waals surface area contributed by atoms with E-state index in [-0.39, 0.29) is 5.91 Å². The lowest BCUT2D eigenvalue weighted by Crippen LogP contribution is -2.62. The van der Waals surface area contributed by atoms with Crippen LogP contribution < -0.4 is 21.5 Å². The molecule has 8 nitrogen and oxygen atoms in total. The highest BCUT2D eigenvalue weighted by Crippen LogP contribution is 2.26. The Morgan fingerprint density at radius 1 is 1.52 bits per heavy atom. The Labute approximate surface area is 124 Å². The van der Waals surface area contributed by atoms with Crippen LogP contribution in [0, 0.1) is 0 Å². The minimum atomic E-state index is -0.679. The number of carbonyl (C=O) groups excluding carboxylic acids is 1. The number of hydrogen-bond acceptors (Lipinski definition) is 7. The zero-order valence-electron chi connectivity index (χ0n) is 12.6. The number of carbonyl (C=O) groups is 1. The molecular formula is C13H22N6O2. The quantitative estimate of drug-likeness (QED) is 0.519. The summed E-state index contributed by atoms with van der Waals surface area (Å²) >= 11 is 0. The van der Waals surface area contributed by atoms with Crippen LogP contribution >= 0.6 is 0 Å². The zero-order chi connectivity index (χ0) is 15.5. The fourth-order valence-electron chi connectivity index (χ4n) is 2.25. The SMILES string of the molecule is CCOCc1nc(NN)cc(N2CCNC(=O)C2(C)C)n1. The molecule has 2 rings (SSSR count). The minimum Gasteiger partial charge on any atom is -0.374 e. The van der Waals surface area contributed by atoms with E-state index in [2.05, 4.69) is 20.7 Å². The lowest BCUT2D eigenvalue weighted by Gasteiger charge is -2.42. The van der Waals surface area contributed by atoms with Crippen molar-refractivity contribution in [3.63, 3.8) is 0 Å². The maximum atomic E-state index is 12.0. The van der Waals surface area contributed by atoms with Crippen molar-refractivity contribution >= 4 is 17.5 Å². The summed E-state index contributed by atoms with van der Waals surface area (Å²) < 4.78 is 5.34. The van der Waals surface area contributed by atoms with Crippen LogP contribution in [0.25, 0.3) is 0 Å². The number of hydrogen-bond donors (Lipinski definition) is 3. The Morgan fingerprint density at radius 2 is 2.29 bits per heavy atom. The van der Waals surface area contributed by atoms with Crippen LogP contribution in [0.1, 0.15) is 26.6 Å². The number of rotatable bonds is 5. The van der Waals surface area contributed by atoms with Gasteiger partial charge in [-0.1, -0.05) is 0 Å². The van der Waals surface area contributed by atoms with Crippen molar-refractivity contribution in [3.8, 4) is 0 Å². The molecule has 0 saturated carbocycles. The average molecular weight is 294 g/mol. The molecule has 1 aliphatic rings. The van der Waals surface area contributed by atoms with E-state index in [1.807, 2.05) is 25.7 Å². The van der Waals surface area contributed by atoms with Crippen LogP contribution in [0.3, 0.4) is 0 Å². The van der Waals surface area contributed by atoms with Gasteiger partial charge < -0.3 is 20.4 Å². The van der Waals surface area contributed by atoms with E-state index in [9.17, 15) is 4.79 Å². The summed E-state index contributed by atoms with van der Waals surface area (Å²) in [6, 6.07) is 1.73. The molecule has 0 bridgehead atoms. The molecule has 1 aliphatic heterocycles. The molecule has 1 amide bonds. The Hall–Kier alpha value is -1.93. The number of aromatic nitrogens is 2. The number of nitrogen functional groups attached to an aromatic ring is 1. The number of ether oxygens (including phenoxy) is 1. The summed E-state index contributed by atoms with van der Waals surface area (Å²) in [4.78, 5) is 22.7. The molecule has 8 heteroatoms. The number of anilines is 2. The number of nitrogens with zero attached hydrogens (tertiary/aromatic N) is 3. The van der Waals surface area contributed by atoms with Gasteiger partial charge in [0.15, 0.2) is 5.82 Å². The predicted octanol–water partition coefficient (Wildman–Crippen LogP) is 0.0135. The third-order valence-corrected chi connectivity index (χ3v) is 3.47. The molecule has 0 aliphatic carbocycles.